The molecule has 0 amide bonds. The lowest BCUT2D eigenvalue weighted by Crippen LogP contribution is -2.21. The summed E-state index contributed by atoms with van der Waals surface area (Å²) in [5, 5.41) is 12.8. The van der Waals surface area contributed by atoms with Crippen LogP contribution in [-0.4, -0.2) is 45.6 Å². The largest absolute Gasteiger partial charge is 0.747 e. The molecule has 0 aromatic carbocycles. The van der Waals surface area contributed by atoms with Crippen molar-refractivity contribution in [3.8, 4) is 0 Å². The lowest BCUT2D eigenvalue weighted by molar-refractivity contribution is 0.324. The Morgan fingerprint density at radius 1 is 1.38 bits per heavy atom. The van der Waals surface area contributed by atoms with E-state index in [1.807, 2.05) is 0 Å². The second-order valence-electron chi connectivity index (χ2n) is 2.54. The van der Waals surface area contributed by atoms with Gasteiger partial charge < -0.3 is 20.3 Å². The number of H-pyrrole nitrogens is 1. The summed E-state index contributed by atoms with van der Waals surface area (Å²) in [5.41, 5.74) is -0.809. The Kier molecular flexibility index (Phi) is 3.76. The molecule has 0 unspecified atom stereocenters. The predicted octanol–water partition coefficient (Wildman–Crippen LogP) is -2.56. The van der Waals surface area contributed by atoms with E-state index in [1.54, 1.807) is 0 Å². The van der Waals surface area contributed by atoms with Crippen LogP contribution in [0.1, 0.15) is 0 Å². The minimum atomic E-state index is -4.48. The molecular formula is C5H8N5O5S-. The molecular weight excluding hydrogens is 242 g/mol. The van der Waals surface area contributed by atoms with E-state index in [0.717, 1.165) is 0 Å². The van der Waals surface area contributed by atoms with Crippen molar-refractivity contribution in [2.24, 2.45) is 0 Å². The molecule has 0 aliphatic heterocycles. The number of hydrogen-bond acceptors (Lipinski definition) is 9. The van der Waals surface area contributed by atoms with Crippen molar-refractivity contribution < 1.29 is 18.1 Å². The normalized spacial score (nSPS) is 11.1. The Morgan fingerprint density at radius 2 is 2.06 bits per heavy atom. The van der Waals surface area contributed by atoms with Gasteiger partial charge in [0.2, 0.25) is 11.9 Å². The van der Waals surface area contributed by atoms with E-state index in [4.69, 9.17) is 5.11 Å². The van der Waals surface area contributed by atoms with Gasteiger partial charge >= 0.3 is 5.69 Å². The average molecular weight is 250 g/mol. The molecule has 1 rings (SSSR count). The third-order valence-electron chi connectivity index (χ3n) is 1.30. The molecule has 4 N–H and O–H groups in total. The van der Waals surface area contributed by atoms with Crippen LogP contribution in [0.15, 0.2) is 4.79 Å². The van der Waals surface area contributed by atoms with Gasteiger partial charge in [0.05, 0.1) is 0 Å². The molecule has 1 aromatic heterocycles. The standard InChI is InChI=1S/C5H9N5O5S/c11-1-6-3-8-4(10-5(12)9-3)7-2-16(13,14)15/h11H,1-2H2,(H,13,14,15)(H3,6,7,8,9,10,12)/p-1. The molecule has 0 bridgehead atoms. The highest BCUT2D eigenvalue weighted by atomic mass is 32.2. The molecule has 10 nitrogen and oxygen atoms in total. The van der Waals surface area contributed by atoms with Crippen LogP contribution in [0.2, 0.25) is 0 Å². The number of aromatic amines is 1. The average Bonchev–Trinajstić information content (AvgIpc) is 2.13. The molecule has 0 fully saturated rings. The summed E-state index contributed by atoms with van der Waals surface area (Å²) in [6.45, 7) is -0.480. The van der Waals surface area contributed by atoms with Gasteiger partial charge in [-0.1, -0.05) is 0 Å². The third-order valence-corrected chi connectivity index (χ3v) is 1.80. The summed E-state index contributed by atoms with van der Waals surface area (Å²) in [6.07, 6.45) is 0. The number of hydrogen-bond donors (Lipinski definition) is 4. The van der Waals surface area contributed by atoms with Gasteiger partial charge in [-0.25, -0.2) is 13.2 Å². The highest BCUT2D eigenvalue weighted by Crippen LogP contribution is 1.98. The summed E-state index contributed by atoms with van der Waals surface area (Å²) in [6, 6.07) is 0. The molecule has 0 aliphatic rings. The topological polar surface area (TPSA) is 160 Å². The first kappa shape index (κ1) is 12.4. The zero-order valence-corrected chi connectivity index (χ0v) is 8.61. The lowest BCUT2D eigenvalue weighted by Gasteiger charge is -2.08. The summed E-state index contributed by atoms with van der Waals surface area (Å²) in [7, 11) is -4.48. The second kappa shape index (κ2) is 4.87. The van der Waals surface area contributed by atoms with Gasteiger partial charge in [0.1, 0.15) is 22.7 Å². The van der Waals surface area contributed by atoms with Gasteiger partial charge in [-0.15, -0.1) is 0 Å². The van der Waals surface area contributed by atoms with Crippen molar-refractivity contribution in [2.75, 3.05) is 23.2 Å². The molecule has 90 valence electrons. The van der Waals surface area contributed by atoms with Crippen LogP contribution in [0.25, 0.3) is 0 Å². The molecule has 0 spiro atoms. The number of aromatic nitrogens is 3. The zero-order chi connectivity index (χ0) is 12.2. The molecule has 0 saturated carbocycles. The summed E-state index contributed by atoms with van der Waals surface area (Å²) < 4.78 is 30.9. The van der Waals surface area contributed by atoms with Gasteiger partial charge in [0.15, 0.2) is 0 Å². The number of anilines is 2. The van der Waals surface area contributed by atoms with Crippen LogP contribution in [0.3, 0.4) is 0 Å². The van der Waals surface area contributed by atoms with E-state index in [2.05, 4.69) is 25.6 Å². The molecule has 16 heavy (non-hydrogen) atoms. The number of nitrogens with one attached hydrogen (secondary N) is 3. The minimum absolute atomic E-state index is 0.103. The summed E-state index contributed by atoms with van der Waals surface area (Å²) >= 11 is 0. The van der Waals surface area contributed by atoms with Gasteiger partial charge in [-0.3, -0.25) is 4.98 Å². The molecule has 1 aromatic rings. The summed E-state index contributed by atoms with van der Waals surface area (Å²) in [4.78, 5) is 19.9. The Hall–Kier alpha value is -1.72. The van der Waals surface area contributed by atoms with Crippen molar-refractivity contribution in [1.82, 2.24) is 15.0 Å². The number of aliphatic hydroxyl groups is 1. The Balaban J connectivity index is 2.84. The number of nitrogens with zero attached hydrogens (tertiary/aromatic N) is 2. The van der Waals surface area contributed by atoms with Crippen molar-refractivity contribution in [3.05, 3.63) is 10.5 Å². The fourth-order valence-electron chi connectivity index (χ4n) is 0.775. The minimum Gasteiger partial charge on any atom is -0.747 e. The van der Waals surface area contributed by atoms with Gasteiger partial charge in [-0.2, -0.15) is 9.97 Å². The van der Waals surface area contributed by atoms with Crippen LogP contribution in [-0.2, 0) is 10.1 Å². The van der Waals surface area contributed by atoms with E-state index in [0.29, 0.717) is 0 Å². The summed E-state index contributed by atoms with van der Waals surface area (Å²) in [5.74, 6) is -1.37. The highest BCUT2D eigenvalue weighted by molar-refractivity contribution is 7.85. The Bertz CT molecular complexity index is 510. The van der Waals surface area contributed by atoms with Gasteiger partial charge in [-0.05, 0) is 0 Å². The zero-order valence-electron chi connectivity index (χ0n) is 7.80. The maximum atomic E-state index is 10.9. The third kappa shape index (κ3) is 4.20. The Labute approximate surface area is 89.5 Å². The molecule has 0 atom stereocenters. The predicted molar refractivity (Wildman–Crippen MR) is 51.5 cm³/mol. The maximum absolute atomic E-state index is 10.9. The molecule has 0 aliphatic carbocycles. The van der Waals surface area contributed by atoms with Crippen LogP contribution < -0.4 is 16.3 Å². The molecule has 0 saturated heterocycles. The first-order valence-electron chi connectivity index (χ1n) is 3.91. The monoisotopic (exact) mass is 250 g/mol. The molecule has 1 heterocycles. The van der Waals surface area contributed by atoms with Crippen LogP contribution in [0, 0.1) is 0 Å². The van der Waals surface area contributed by atoms with Crippen molar-refractivity contribution in [3.63, 3.8) is 0 Å². The van der Waals surface area contributed by atoms with Gasteiger partial charge in [0, 0.05) is 0 Å². The van der Waals surface area contributed by atoms with E-state index < -0.39 is 28.4 Å². The van der Waals surface area contributed by atoms with Crippen molar-refractivity contribution in [1.29, 1.82) is 0 Å². The van der Waals surface area contributed by atoms with Gasteiger partial charge in [0.25, 0.3) is 0 Å². The van der Waals surface area contributed by atoms with Crippen LogP contribution >= 0.6 is 0 Å². The van der Waals surface area contributed by atoms with E-state index in [1.165, 1.54) is 0 Å². The fraction of sp³-hybridized carbons (Fsp3) is 0.400. The molecule has 11 heteroatoms. The first-order valence-corrected chi connectivity index (χ1v) is 5.49. The lowest BCUT2D eigenvalue weighted by atomic mass is 10.8. The smallest absolute Gasteiger partial charge is 0.350 e. The van der Waals surface area contributed by atoms with Crippen LogP contribution in [0.5, 0.6) is 0 Å². The van der Waals surface area contributed by atoms with Crippen molar-refractivity contribution >= 4 is 22.0 Å². The number of aliphatic hydroxyl groups excluding tert-OH is 1. The fourth-order valence-corrected chi connectivity index (χ4v) is 1.08. The van der Waals surface area contributed by atoms with E-state index >= 15 is 0 Å². The highest BCUT2D eigenvalue weighted by Gasteiger charge is 2.03. The Morgan fingerprint density at radius 3 is 2.62 bits per heavy atom. The van der Waals surface area contributed by atoms with Crippen molar-refractivity contribution in [2.45, 2.75) is 0 Å². The maximum Gasteiger partial charge on any atom is 0.350 e. The first-order chi connectivity index (χ1) is 7.40. The second-order valence-corrected chi connectivity index (χ2v) is 3.94. The quantitative estimate of drug-likeness (QED) is 0.325. The number of rotatable bonds is 5. The van der Waals surface area contributed by atoms with Crippen LogP contribution in [0.4, 0.5) is 11.9 Å². The SMILES string of the molecule is O=c1nc(NCS(=O)(=O)[O-])nc(NCO)[nH]1. The van der Waals surface area contributed by atoms with E-state index in [9.17, 15) is 17.8 Å². The van der Waals surface area contributed by atoms with E-state index in [-0.39, 0.29) is 11.9 Å². The molecule has 0 radical (unpaired) electrons.